The highest BCUT2D eigenvalue weighted by atomic mass is 15.1. The van der Waals surface area contributed by atoms with E-state index in [9.17, 15) is 0 Å². The third-order valence-electron chi connectivity index (χ3n) is 8.85. The maximum atomic E-state index is 2.69. The van der Waals surface area contributed by atoms with Crippen molar-refractivity contribution >= 4 is 11.8 Å². The lowest BCUT2D eigenvalue weighted by Gasteiger charge is -2.38. The van der Waals surface area contributed by atoms with Crippen molar-refractivity contribution in [2.75, 3.05) is 24.5 Å². The van der Waals surface area contributed by atoms with Crippen molar-refractivity contribution in [2.45, 2.75) is 64.3 Å². The van der Waals surface area contributed by atoms with E-state index in [1.807, 2.05) is 0 Å². The third kappa shape index (κ3) is 3.04. The Labute approximate surface area is 203 Å². The average Bonchev–Trinajstić information content (AvgIpc) is 2.84. The molecular formula is C32H35N2+. The van der Waals surface area contributed by atoms with Crippen LogP contribution in [-0.2, 0) is 31.2 Å². The number of rotatable bonds is 2. The first-order valence-electron chi connectivity index (χ1n) is 13.3. The van der Waals surface area contributed by atoms with E-state index < -0.39 is 0 Å². The molecule has 3 aromatic rings. The van der Waals surface area contributed by atoms with Crippen molar-refractivity contribution in [3.8, 4) is 0 Å². The summed E-state index contributed by atoms with van der Waals surface area (Å²) in [5, 5.41) is 3.09. The van der Waals surface area contributed by atoms with Crippen LogP contribution >= 0.6 is 0 Å². The fraction of sp³-hybridized carbons (Fsp3) is 0.406. The van der Waals surface area contributed by atoms with E-state index in [2.05, 4.69) is 77.9 Å². The molecule has 172 valence electrons. The lowest BCUT2D eigenvalue weighted by molar-refractivity contribution is 0.472. The molecule has 3 heterocycles. The van der Waals surface area contributed by atoms with Gasteiger partial charge in [0.05, 0.1) is 0 Å². The van der Waals surface area contributed by atoms with Crippen LogP contribution in [0.25, 0.3) is 6.08 Å². The van der Waals surface area contributed by atoms with Crippen LogP contribution in [0.5, 0.6) is 0 Å². The van der Waals surface area contributed by atoms with Gasteiger partial charge in [-0.2, -0.15) is 0 Å². The number of aryl methyl sites for hydroxylation is 2. The monoisotopic (exact) mass is 447 g/mol. The summed E-state index contributed by atoms with van der Waals surface area (Å²) in [6, 6.07) is 18.6. The van der Waals surface area contributed by atoms with Crippen molar-refractivity contribution in [1.29, 1.82) is 0 Å². The van der Waals surface area contributed by atoms with Crippen LogP contribution in [-0.4, -0.2) is 19.6 Å². The van der Waals surface area contributed by atoms with E-state index in [-0.39, 0.29) is 5.41 Å². The van der Waals surface area contributed by atoms with Crippen LogP contribution in [0, 0.1) is 0 Å². The van der Waals surface area contributed by atoms with Crippen LogP contribution < -0.4 is 20.1 Å². The molecular weight excluding hydrogens is 412 g/mol. The molecule has 3 aliphatic heterocycles. The van der Waals surface area contributed by atoms with Crippen LogP contribution in [0.15, 0.2) is 48.5 Å². The summed E-state index contributed by atoms with van der Waals surface area (Å²) >= 11 is 0. The highest BCUT2D eigenvalue weighted by Crippen LogP contribution is 2.42. The minimum Gasteiger partial charge on any atom is -0.367 e. The van der Waals surface area contributed by atoms with Gasteiger partial charge in [0, 0.05) is 48.2 Å². The summed E-state index contributed by atoms with van der Waals surface area (Å²) in [5.41, 5.74) is 12.3. The van der Waals surface area contributed by atoms with Crippen LogP contribution in [0.2, 0.25) is 0 Å². The number of nitrogens with zero attached hydrogens (tertiary/aromatic N) is 2. The molecule has 3 aromatic carbocycles. The highest BCUT2D eigenvalue weighted by Gasteiger charge is 2.37. The van der Waals surface area contributed by atoms with E-state index in [1.165, 1.54) is 84.8 Å². The summed E-state index contributed by atoms with van der Waals surface area (Å²) in [7, 11) is 0. The molecule has 0 bridgehead atoms. The molecule has 0 amide bonds. The molecule has 1 aliphatic carbocycles. The average molecular weight is 448 g/mol. The molecule has 2 heteroatoms. The van der Waals surface area contributed by atoms with Gasteiger partial charge in [0.1, 0.15) is 13.1 Å². The predicted molar refractivity (Wildman–Crippen MR) is 141 cm³/mol. The number of hydrogen-bond acceptors (Lipinski definition) is 1. The molecule has 0 fully saturated rings. The molecule has 2 nitrogen and oxygen atoms in total. The van der Waals surface area contributed by atoms with Gasteiger partial charge in [-0.25, -0.2) is 4.58 Å². The van der Waals surface area contributed by atoms with Crippen LogP contribution in [0.3, 0.4) is 0 Å². The van der Waals surface area contributed by atoms with E-state index in [4.69, 9.17) is 0 Å². The molecule has 34 heavy (non-hydrogen) atoms. The quantitative estimate of drug-likeness (QED) is 0.525. The summed E-state index contributed by atoms with van der Waals surface area (Å²) in [4.78, 5) is 2.62. The van der Waals surface area contributed by atoms with Gasteiger partial charge in [0.25, 0.3) is 0 Å². The fourth-order valence-corrected chi connectivity index (χ4v) is 7.40. The molecule has 0 spiro atoms. The summed E-state index contributed by atoms with van der Waals surface area (Å²) in [6.45, 7) is 9.59. The summed E-state index contributed by atoms with van der Waals surface area (Å²) in [5.74, 6) is 0. The second-order valence-electron chi connectivity index (χ2n) is 11.4. The fourth-order valence-electron chi connectivity index (χ4n) is 7.40. The number of benzene rings is 3. The van der Waals surface area contributed by atoms with E-state index in [0.29, 0.717) is 0 Å². The Morgan fingerprint density at radius 3 is 2.53 bits per heavy atom. The van der Waals surface area contributed by atoms with Gasteiger partial charge in [-0.15, -0.1) is 0 Å². The van der Waals surface area contributed by atoms with Gasteiger partial charge >= 0.3 is 0 Å². The predicted octanol–water partition coefficient (Wildman–Crippen LogP) is 4.49. The molecule has 4 aliphatic rings. The maximum absolute atomic E-state index is 2.69. The first-order chi connectivity index (χ1) is 16.6. The Morgan fingerprint density at radius 1 is 0.882 bits per heavy atom. The normalized spacial score (nSPS) is 19.5. The zero-order valence-corrected chi connectivity index (χ0v) is 20.7. The van der Waals surface area contributed by atoms with Crippen molar-refractivity contribution in [2.24, 2.45) is 0 Å². The SMILES string of the molecule is CC1(C)c2cc3c(cc2C=c2cc4c5c(c21)CCC[N+]=5CCC4)CCCN3Cc1ccccc1. The molecule has 0 radical (unpaired) electrons. The molecule has 0 unspecified atom stereocenters. The van der Waals surface area contributed by atoms with Gasteiger partial charge in [0.2, 0.25) is 5.36 Å². The largest absolute Gasteiger partial charge is 0.367 e. The summed E-state index contributed by atoms with van der Waals surface area (Å²) in [6.07, 6.45) is 10.0. The number of anilines is 1. The molecule has 7 rings (SSSR count). The smallest absolute Gasteiger partial charge is 0.206 e. The van der Waals surface area contributed by atoms with Gasteiger partial charge in [-0.05, 0) is 83.0 Å². The minimum absolute atomic E-state index is 0.0229. The first-order valence-corrected chi connectivity index (χ1v) is 13.3. The molecule has 0 atom stereocenters. The molecule has 0 saturated carbocycles. The molecule has 0 aromatic heterocycles. The Kier molecular flexibility index (Phi) is 4.56. The minimum atomic E-state index is 0.0229. The standard InChI is InChI=1S/C32H35N2/c1-32(2)28-20-29-23(11-6-16-34(29)21-22-9-4-3-5-10-22)17-25(28)19-26-18-24-12-7-14-33-15-8-13-27(30(26)32)31(24)33/h3-5,9-10,17-20H,6-8,11-16,21H2,1-2H3/q+1. The molecule has 0 saturated heterocycles. The van der Waals surface area contributed by atoms with Gasteiger partial charge < -0.3 is 4.90 Å². The maximum Gasteiger partial charge on any atom is 0.206 e. The topological polar surface area (TPSA) is 6.25 Å². The van der Waals surface area contributed by atoms with Gasteiger partial charge in [-0.3, -0.25) is 0 Å². The Morgan fingerprint density at radius 2 is 1.68 bits per heavy atom. The highest BCUT2D eigenvalue weighted by molar-refractivity contribution is 5.72. The first kappa shape index (κ1) is 20.5. The van der Waals surface area contributed by atoms with Crippen molar-refractivity contribution < 1.29 is 0 Å². The van der Waals surface area contributed by atoms with E-state index >= 15 is 0 Å². The van der Waals surface area contributed by atoms with Gasteiger partial charge in [-0.1, -0.05) is 44.2 Å². The zero-order valence-electron chi connectivity index (χ0n) is 20.7. The van der Waals surface area contributed by atoms with Crippen LogP contribution in [0.4, 0.5) is 5.69 Å². The summed E-state index contributed by atoms with van der Waals surface area (Å²) < 4.78 is 2.69. The number of hydrogen-bond donors (Lipinski definition) is 0. The zero-order chi connectivity index (χ0) is 22.9. The van der Waals surface area contributed by atoms with Crippen molar-refractivity contribution in [3.05, 3.63) is 98.1 Å². The van der Waals surface area contributed by atoms with Crippen molar-refractivity contribution in [3.63, 3.8) is 0 Å². The Bertz CT molecular complexity index is 1420. The Balaban J connectivity index is 1.42. The lowest BCUT2D eigenvalue weighted by Crippen LogP contribution is -2.48. The number of fused-ring (bicyclic) bond motifs is 4. The van der Waals surface area contributed by atoms with E-state index in [1.54, 1.807) is 22.0 Å². The lowest BCUT2D eigenvalue weighted by atomic mass is 9.68. The second-order valence-corrected chi connectivity index (χ2v) is 11.4. The van der Waals surface area contributed by atoms with E-state index in [0.717, 1.165) is 13.1 Å². The Hall–Kier alpha value is -2.87. The van der Waals surface area contributed by atoms with Crippen molar-refractivity contribution in [1.82, 2.24) is 4.58 Å². The second kappa shape index (κ2) is 7.57. The molecule has 0 N–H and O–H groups in total. The van der Waals surface area contributed by atoms with Gasteiger partial charge in [0.15, 0.2) is 0 Å². The van der Waals surface area contributed by atoms with Crippen LogP contribution in [0.1, 0.15) is 72.1 Å². The third-order valence-corrected chi connectivity index (χ3v) is 8.85.